The Morgan fingerprint density at radius 1 is 1.27 bits per heavy atom. The maximum atomic E-state index is 11.9. The number of aromatic hydroxyl groups is 1. The van der Waals surface area contributed by atoms with Gasteiger partial charge in [-0.1, -0.05) is 20.3 Å². The van der Waals surface area contributed by atoms with Crippen LogP contribution < -0.4 is 5.43 Å². The van der Waals surface area contributed by atoms with Crippen LogP contribution in [-0.2, 0) is 13.1 Å². The van der Waals surface area contributed by atoms with Crippen LogP contribution in [0.5, 0.6) is 5.75 Å². The van der Waals surface area contributed by atoms with Gasteiger partial charge in [-0.05, 0) is 39.0 Å². The third-order valence-corrected chi connectivity index (χ3v) is 4.87. The van der Waals surface area contributed by atoms with Gasteiger partial charge >= 0.3 is 0 Å². The Balaban J connectivity index is 2.24. The van der Waals surface area contributed by atoms with Gasteiger partial charge in [0.2, 0.25) is 5.43 Å². The van der Waals surface area contributed by atoms with E-state index in [1.807, 2.05) is 0 Å². The molecule has 0 spiro atoms. The Morgan fingerprint density at radius 3 is 2.50 bits per heavy atom. The zero-order chi connectivity index (χ0) is 16.3. The Bertz CT molecular complexity index is 541. The summed E-state index contributed by atoms with van der Waals surface area (Å²) >= 11 is 0. The van der Waals surface area contributed by atoms with Crippen molar-refractivity contribution < 1.29 is 5.11 Å². The smallest absolute Gasteiger partial charge is 0.223 e. The van der Waals surface area contributed by atoms with Gasteiger partial charge in [0.1, 0.15) is 0 Å². The molecule has 1 aromatic heterocycles. The van der Waals surface area contributed by atoms with Crippen molar-refractivity contribution in [2.45, 2.75) is 78.6 Å². The molecule has 22 heavy (non-hydrogen) atoms. The number of rotatable bonds is 5. The van der Waals surface area contributed by atoms with Crippen molar-refractivity contribution in [1.29, 1.82) is 0 Å². The van der Waals surface area contributed by atoms with Crippen LogP contribution in [0.2, 0.25) is 0 Å². The molecule has 1 aliphatic rings. The number of nitrogens with zero attached hydrogens (tertiary/aromatic N) is 2. The summed E-state index contributed by atoms with van der Waals surface area (Å²) in [6.45, 7) is 10.6. The molecule has 0 amide bonds. The lowest BCUT2D eigenvalue weighted by Crippen LogP contribution is -2.43. The normalized spacial score (nSPS) is 23.1. The third-order valence-electron chi connectivity index (χ3n) is 4.87. The van der Waals surface area contributed by atoms with Crippen LogP contribution in [0.1, 0.15) is 59.1 Å². The molecule has 0 saturated carbocycles. The van der Waals surface area contributed by atoms with Crippen LogP contribution in [0.3, 0.4) is 0 Å². The molecule has 0 aliphatic carbocycles. The zero-order valence-corrected chi connectivity index (χ0v) is 14.4. The average Bonchev–Trinajstić information content (AvgIpc) is 2.44. The van der Waals surface area contributed by atoms with Crippen molar-refractivity contribution in [1.82, 2.24) is 9.47 Å². The number of likely N-dealkylation sites (tertiary alicyclic amines) is 1. The van der Waals surface area contributed by atoms with Gasteiger partial charge in [0.15, 0.2) is 5.75 Å². The van der Waals surface area contributed by atoms with Crippen molar-refractivity contribution in [3.05, 3.63) is 28.2 Å². The van der Waals surface area contributed by atoms with Crippen molar-refractivity contribution in [2.24, 2.45) is 5.92 Å². The first-order valence-corrected chi connectivity index (χ1v) is 8.56. The highest BCUT2D eigenvalue weighted by Gasteiger charge is 2.25. The molecule has 0 bridgehead atoms. The number of pyridine rings is 1. The summed E-state index contributed by atoms with van der Waals surface area (Å²) in [6.07, 6.45) is 6.38. The lowest BCUT2D eigenvalue weighted by Gasteiger charge is -2.39. The summed E-state index contributed by atoms with van der Waals surface area (Å²) in [5.74, 6) is 0.453. The highest BCUT2D eigenvalue weighted by Crippen LogP contribution is 2.24. The summed E-state index contributed by atoms with van der Waals surface area (Å²) in [6, 6.07) is 2.71. The van der Waals surface area contributed by atoms with E-state index in [0.29, 0.717) is 18.0 Å². The second-order valence-electron chi connectivity index (χ2n) is 7.19. The van der Waals surface area contributed by atoms with E-state index in [9.17, 15) is 9.90 Å². The van der Waals surface area contributed by atoms with Crippen molar-refractivity contribution in [3.63, 3.8) is 0 Å². The number of piperidine rings is 1. The van der Waals surface area contributed by atoms with E-state index in [1.54, 1.807) is 12.3 Å². The maximum absolute atomic E-state index is 11.9. The first-order valence-electron chi connectivity index (χ1n) is 8.56. The molecule has 1 fully saturated rings. The predicted molar refractivity (Wildman–Crippen MR) is 90.1 cm³/mol. The molecule has 4 nitrogen and oxygen atoms in total. The van der Waals surface area contributed by atoms with E-state index in [1.165, 1.54) is 19.3 Å². The second-order valence-corrected chi connectivity index (χ2v) is 7.19. The molecule has 4 heteroatoms. The minimum Gasteiger partial charge on any atom is -0.503 e. The first-order chi connectivity index (χ1) is 10.4. The number of aromatic nitrogens is 1. The Morgan fingerprint density at radius 2 is 1.91 bits per heavy atom. The number of hydrogen-bond acceptors (Lipinski definition) is 3. The lowest BCUT2D eigenvalue weighted by molar-refractivity contribution is 0.0920. The van der Waals surface area contributed by atoms with Gasteiger partial charge in [0.25, 0.3) is 0 Å². The lowest BCUT2D eigenvalue weighted by atomic mass is 9.97. The summed E-state index contributed by atoms with van der Waals surface area (Å²) in [5, 5.41) is 9.75. The summed E-state index contributed by atoms with van der Waals surface area (Å²) in [4.78, 5) is 14.3. The monoisotopic (exact) mass is 306 g/mol. The van der Waals surface area contributed by atoms with Gasteiger partial charge in [0, 0.05) is 36.9 Å². The highest BCUT2D eigenvalue weighted by atomic mass is 16.3. The van der Waals surface area contributed by atoms with Crippen LogP contribution in [0.25, 0.3) is 0 Å². The molecule has 2 atom stereocenters. The fourth-order valence-corrected chi connectivity index (χ4v) is 3.32. The van der Waals surface area contributed by atoms with Crippen LogP contribution in [-0.4, -0.2) is 26.7 Å². The Kier molecular flexibility index (Phi) is 5.68. The molecular formula is C18H30N2O2. The molecule has 1 N–H and O–H groups in total. The maximum Gasteiger partial charge on any atom is 0.223 e. The standard InChI is InChI=1S/C18H30N2O2/c1-13(2)8-9-19-12-18(22)17(21)10-16(19)11-20-14(3)6-5-7-15(20)4/h10,12-15,22H,5-9,11H2,1-4H3. The quantitative estimate of drug-likeness (QED) is 0.907. The van der Waals surface area contributed by atoms with Gasteiger partial charge in [-0.25, -0.2) is 0 Å². The predicted octanol–water partition coefficient (Wildman–Crippen LogP) is 3.36. The number of aryl methyl sites for hydroxylation is 1. The van der Waals surface area contributed by atoms with E-state index in [4.69, 9.17) is 0 Å². The van der Waals surface area contributed by atoms with Crippen molar-refractivity contribution >= 4 is 0 Å². The van der Waals surface area contributed by atoms with Crippen LogP contribution in [0, 0.1) is 5.92 Å². The molecule has 1 aliphatic heterocycles. The van der Waals surface area contributed by atoms with E-state index < -0.39 is 0 Å². The zero-order valence-electron chi connectivity index (χ0n) is 14.4. The van der Waals surface area contributed by atoms with Crippen LogP contribution in [0.4, 0.5) is 0 Å². The molecule has 1 aromatic rings. The summed E-state index contributed by atoms with van der Waals surface area (Å²) < 4.78 is 2.06. The minimum atomic E-state index is -0.270. The molecular weight excluding hydrogens is 276 g/mol. The van der Waals surface area contributed by atoms with Gasteiger partial charge in [-0.2, -0.15) is 0 Å². The highest BCUT2D eigenvalue weighted by molar-refractivity contribution is 5.20. The topological polar surface area (TPSA) is 45.5 Å². The molecule has 0 radical (unpaired) electrons. The van der Waals surface area contributed by atoms with Gasteiger partial charge in [0.05, 0.1) is 6.20 Å². The first kappa shape index (κ1) is 17.1. The van der Waals surface area contributed by atoms with E-state index >= 15 is 0 Å². The molecule has 0 aromatic carbocycles. The van der Waals surface area contributed by atoms with E-state index in [-0.39, 0.29) is 11.2 Å². The van der Waals surface area contributed by atoms with Gasteiger partial charge in [-0.3, -0.25) is 9.69 Å². The Hall–Kier alpha value is -1.29. The van der Waals surface area contributed by atoms with Gasteiger partial charge < -0.3 is 9.67 Å². The largest absolute Gasteiger partial charge is 0.503 e. The summed E-state index contributed by atoms with van der Waals surface area (Å²) in [7, 11) is 0. The fraction of sp³-hybridized carbons (Fsp3) is 0.722. The van der Waals surface area contributed by atoms with Gasteiger partial charge in [-0.15, -0.1) is 0 Å². The fourth-order valence-electron chi connectivity index (χ4n) is 3.32. The van der Waals surface area contributed by atoms with E-state index in [0.717, 1.165) is 25.2 Å². The number of hydrogen-bond donors (Lipinski definition) is 1. The Labute approximate surface area is 133 Å². The molecule has 1 saturated heterocycles. The molecule has 124 valence electrons. The average molecular weight is 306 g/mol. The second kappa shape index (κ2) is 7.32. The summed E-state index contributed by atoms with van der Waals surface area (Å²) in [5.41, 5.74) is 0.747. The van der Waals surface area contributed by atoms with Crippen LogP contribution >= 0.6 is 0 Å². The minimum absolute atomic E-state index is 0.146. The SMILES string of the molecule is CC(C)CCn1cc(O)c(=O)cc1CN1C(C)CCCC1C. The van der Waals surface area contributed by atoms with Crippen molar-refractivity contribution in [3.8, 4) is 5.75 Å². The van der Waals surface area contributed by atoms with Crippen LogP contribution in [0.15, 0.2) is 17.1 Å². The molecule has 2 unspecified atom stereocenters. The molecule has 2 rings (SSSR count). The third kappa shape index (κ3) is 4.13. The van der Waals surface area contributed by atoms with E-state index in [2.05, 4.69) is 37.2 Å². The molecule has 2 heterocycles. The van der Waals surface area contributed by atoms with Crippen molar-refractivity contribution in [2.75, 3.05) is 0 Å².